The number of nitrogens with one attached hydrogen (secondary N) is 1. The maximum atomic E-state index is 12.3. The van der Waals surface area contributed by atoms with E-state index in [9.17, 15) is 8.42 Å². The highest BCUT2D eigenvalue weighted by molar-refractivity contribution is 7.99. The van der Waals surface area contributed by atoms with Crippen molar-refractivity contribution in [2.75, 3.05) is 17.2 Å². The minimum absolute atomic E-state index is 0.0366. The van der Waals surface area contributed by atoms with Crippen LogP contribution in [0.5, 0.6) is 0 Å². The topological polar surface area (TPSA) is 72.2 Å². The van der Waals surface area contributed by atoms with Crippen LogP contribution in [0.2, 0.25) is 0 Å². The van der Waals surface area contributed by atoms with Crippen molar-refractivity contribution >= 4 is 27.5 Å². The van der Waals surface area contributed by atoms with Gasteiger partial charge in [0, 0.05) is 17.5 Å². The Morgan fingerprint density at radius 2 is 2.22 bits per heavy atom. The summed E-state index contributed by atoms with van der Waals surface area (Å²) in [5.41, 5.74) is 6.85. The molecule has 1 aromatic rings. The van der Waals surface area contributed by atoms with E-state index in [4.69, 9.17) is 5.73 Å². The van der Waals surface area contributed by atoms with Crippen LogP contribution in [0.25, 0.3) is 0 Å². The molecule has 100 valence electrons. The number of hydrogen-bond acceptors (Lipinski definition) is 4. The quantitative estimate of drug-likeness (QED) is 0.830. The first kappa shape index (κ1) is 13.7. The normalized spacial score (nSPS) is 20.8. The van der Waals surface area contributed by atoms with Crippen LogP contribution < -0.4 is 10.5 Å². The Labute approximate surface area is 112 Å². The molecular weight excluding hydrogens is 268 g/mol. The molecule has 1 fully saturated rings. The van der Waals surface area contributed by atoms with Gasteiger partial charge in [0.15, 0.2) is 0 Å². The lowest BCUT2D eigenvalue weighted by Gasteiger charge is -2.22. The SMILES string of the molecule is Cc1ccc(N)cc1S(=O)(=O)NC1CCCSC1. The number of benzene rings is 1. The molecule has 6 heteroatoms. The molecule has 1 aliphatic heterocycles. The van der Waals surface area contributed by atoms with E-state index in [2.05, 4.69) is 4.72 Å². The maximum absolute atomic E-state index is 12.3. The predicted molar refractivity (Wildman–Crippen MR) is 76.3 cm³/mol. The van der Waals surface area contributed by atoms with Crippen LogP contribution in [-0.2, 0) is 10.0 Å². The summed E-state index contributed by atoms with van der Waals surface area (Å²) < 4.78 is 27.4. The molecule has 1 unspecified atom stereocenters. The van der Waals surface area contributed by atoms with Gasteiger partial charge in [0.2, 0.25) is 10.0 Å². The summed E-state index contributed by atoms with van der Waals surface area (Å²) >= 11 is 1.79. The van der Waals surface area contributed by atoms with E-state index in [1.165, 1.54) is 6.07 Å². The summed E-state index contributed by atoms with van der Waals surface area (Å²) in [6, 6.07) is 5.01. The Morgan fingerprint density at radius 3 is 2.89 bits per heavy atom. The Bertz CT molecular complexity index is 523. The van der Waals surface area contributed by atoms with Crippen molar-refractivity contribution in [3.05, 3.63) is 23.8 Å². The molecule has 18 heavy (non-hydrogen) atoms. The van der Waals surface area contributed by atoms with Crippen molar-refractivity contribution in [2.45, 2.75) is 30.7 Å². The minimum atomic E-state index is -3.46. The molecule has 0 amide bonds. The molecule has 1 aromatic carbocycles. The van der Waals surface area contributed by atoms with Gasteiger partial charge >= 0.3 is 0 Å². The van der Waals surface area contributed by atoms with Gasteiger partial charge in [-0.25, -0.2) is 13.1 Å². The fourth-order valence-corrected chi connectivity index (χ4v) is 4.75. The van der Waals surface area contributed by atoms with Crippen molar-refractivity contribution in [3.8, 4) is 0 Å². The molecular formula is C12H18N2O2S2. The molecule has 2 rings (SSSR count). The molecule has 1 aliphatic rings. The van der Waals surface area contributed by atoms with Crippen LogP contribution >= 0.6 is 11.8 Å². The summed E-state index contributed by atoms with van der Waals surface area (Å²) in [4.78, 5) is 0.290. The average Bonchev–Trinajstić information content (AvgIpc) is 2.33. The Hall–Kier alpha value is -0.720. The van der Waals surface area contributed by atoms with E-state index in [-0.39, 0.29) is 10.9 Å². The minimum Gasteiger partial charge on any atom is -0.399 e. The van der Waals surface area contributed by atoms with E-state index in [1.54, 1.807) is 30.8 Å². The number of sulfonamides is 1. The van der Waals surface area contributed by atoms with Crippen molar-refractivity contribution in [1.29, 1.82) is 0 Å². The number of nitrogen functional groups attached to an aromatic ring is 1. The second kappa shape index (κ2) is 5.50. The number of hydrogen-bond donors (Lipinski definition) is 2. The lowest BCUT2D eigenvalue weighted by atomic mass is 10.2. The molecule has 1 heterocycles. The third kappa shape index (κ3) is 3.18. The van der Waals surface area contributed by atoms with E-state index in [0.717, 1.165) is 29.9 Å². The van der Waals surface area contributed by atoms with E-state index < -0.39 is 10.0 Å². The van der Waals surface area contributed by atoms with Gasteiger partial charge in [0.05, 0.1) is 4.90 Å². The lowest BCUT2D eigenvalue weighted by Crippen LogP contribution is -2.38. The highest BCUT2D eigenvalue weighted by Crippen LogP contribution is 2.22. The Morgan fingerprint density at radius 1 is 1.44 bits per heavy atom. The molecule has 0 aromatic heterocycles. The van der Waals surface area contributed by atoms with Gasteiger partial charge in [-0.15, -0.1) is 0 Å². The van der Waals surface area contributed by atoms with Gasteiger partial charge in [-0.3, -0.25) is 0 Å². The smallest absolute Gasteiger partial charge is 0.241 e. The Balaban J connectivity index is 2.21. The number of nitrogens with two attached hydrogens (primary N) is 1. The van der Waals surface area contributed by atoms with Crippen LogP contribution in [0.4, 0.5) is 5.69 Å². The second-order valence-electron chi connectivity index (χ2n) is 4.56. The predicted octanol–water partition coefficient (Wildman–Crippen LogP) is 1.75. The zero-order valence-electron chi connectivity index (χ0n) is 10.3. The first-order valence-corrected chi connectivity index (χ1v) is 8.59. The van der Waals surface area contributed by atoms with E-state index in [0.29, 0.717) is 5.69 Å². The standard InChI is InChI=1S/C12H18N2O2S2/c1-9-4-5-10(13)7-12(9)18(15,16)14-11-3-2-6-17-8-11/h4-5,7,11,14H,2-3,6,8,13H2,1H3. The van der Waals surface area contributed by atoms with Crippen LogP contribution in [0.1, 0.15) is 18.4 Å². The lowest BCUT2D eigenvalue weighted by molar-refractivity contribution is 0.542. The molecule has 0 radical (unpaired) electrons. The van der Waals surface area contributed by atoms with Crippen molar-refractivity contribution in [2.24, 2.45) is 0 Å². The number of anilines is 1. The van der Waals surface area contributed by atoms with Crippen LogP contribution in [0.3, 0.4) is 0 Å². The third-order valence-electron chi connectivity index (χ3n) is 2.98. The van der Waals surface area contributed by atoms with E-state index >= 15 is 0 Å². The first-order chi connectivity index (χ1) is 8.49. The molecule has 0 aliphatic carbocycles. The van der Waals surface area contributed by atoms with Gasteiger partial charge in [-0.2, -0.15) is 11.8 Å². The average molecular weight is 286 g/mol. The first-order valence-electron chi connectivity index (χ1n) is 5.95. The summed E-state index contributed by atoms with van der Waals surface area (Å²) in [6.07, 6.45) is 1.97. The summed E-state index contributed by atoms with van der Waals surface area (Å²) in [7, 11) is -3.46. The fourth-order valence-electron chi connectivity index (χ4n) is 2.02. The van der Waals surface area contributed by atoms with Crippen molar-refractivity contribution in [1.82, 2.24) is 4.72 Å². The van der Waals surface area contributed by atoms with Crippen LogP contribution in [-0.4, -0.2) is 26.0 Å². The van der Waals surface area contributed by atoms with Crippen molar-refractivity contribution in [3.63, 3.8) is 0 Å². The molecule has 1 saturated heterocycles. The van der Waals surface area contributed by atoms with Gasteiger partial charge in [-0.05, 0) is 43.2 Å². The van der Waals surface area contributed by atoms with Gasteiger partial charge in [-0.1, -0.05) is 6.07 Å². The van der Waals surface area contributed by atoms with Crippen LogP contribution in [0.15, 0.2) is 23.1 Å². The summed E-state index contributed by atoms with van der Waals surface area (Å²) in [6.45, 7) is 1.78. The Kier molecular flexibility index (Phi) is 4.19. The highest BCUT2D eigenvalue weighted by Gasteiger charge is 2.23. The molecule has 3 N–H and O–H groups in total. The van der Waals surface area contributed by atoms with Gasteiger partial charge in [0.1, 0.15) is 0 Å². The van der Waals surface area contributed by atoms with Gasteiger partial charge < -0.3 is 5.73 Å². The number of aryl methyl sites for hydroxylation is 1. The highest BCUT2D eigenvalue weighted by atomic mass is 32.2. The van der Waals surface area contributed by atoms with Crippen molar-refractivity contribution < 1.29 is 8.42 Å². The third-order valence-corrected chi connectivity index (χ3v) is 5.86. The zero-order chi connectivity index (χ0) is 13.2. The fraction of sp³-hybridized carbons (Fsp3) is 0.500. The largest absolute Gasteiger partial charge is 0.399 e. The summed E-state index contributed by atoms with van der Waals surface area (Å²) in [5.74, 6) is 1.97. The molecule has 0 saturated carbocycles. The molecule has 0 bridgehead atoms. The van der Waals surface area contributed by atoms with Gasteiger partial charge in [0.25, 0.3) is 0 Å². The van der Waals surface area contributed by atoms with E-state index in [1.807, 2.05) is 0 Å². The van der Waals surface area contributed by atoms with Crippen LogP contribution in [0, 0.1) is 6.92 Å². The molecule has 4 nitrogen and oxygen atoms in total. The molecule has 1 atom stereocenters. The number of thioether (sulfide) groups is 1. The zero-order valence-corrected chi connectivity index (χ0v) is 12.0. The monoisotopic (exact) mass is 286 g/mol. The molecule has 0 spiro atoms. The number of rotatable bonds is 3. The summed E-state index contributed by atoms with van der Waals surface area (Å²) in [5, 5.41) is 0. The maximum Gasteiger partial charge on any atom is 0.241 e. The second-order valence-corrected chi connectivity index (χ2v) is 7.39.